The molecule has 4 rings (SSSR count). The third kappa shape index (κ3) is 1.88. The summed E-state index contributed by atoms with van der Waals surface area (Å²) in [5.74, 6) is 2.08. The quantitative estimate of drug-likeness (QED) is 0.711. The molecule has 2 aromatic rings. The Kier molecular flexibility index (Phi) is 3.06. The van der Waals surface area contributed by atoms with Crippen molar-refractivity contribution < 1.29 is 13.2 Å². The van der Waals surface area contributed by atoms with Crippen LogP contribution in [0.1, 0.15) is 74.9 Å². The lowest BCUT2D eigenvalue weighted by molar-refractivity contribution is -0.134. The fourth-order valence-corrected chi connectivity index (χ4v) is 5.64. The highest BCUT2D eigenvalue weighted by molar-refractivity contribution is 7.12. The van der Waals surface area contributed by atoms with Gasteiger partial charge in [-0.2, -0.15) is 13.2 Å². The lowest BCUT2D eigenvalue weighted by atomic mass is 9.74. The molecule has 2 aromatic heterocycles. The zero-order chi connectivity index (χ0) is 18.6. The molecular weight excluding hydrogens is 347 g/mol. The lowest BCUT2D eigenvalue weighted by Gasteiger charge is -2.45. The summed E-state index contributed by atoms with van der Waals surface area (Å²) < 4.78 is 41.0. The molecule has 1 saturated carbocycles. The van der Waals surface area contributed by atoms with Crippen LogP contribution in [0.4, 0.5) is 13.2 Å². The molecule has 0 radical (unpaired) electrons. The van der Waals surface area contributed by atoms with Crippen molar-refractivity contribution in [3.05, 3.63) is 33.5 Å². The Labute approximate surface area is 149 Å². The Bertz CT molecular complexity index is 847. The summed E-state index contributed by atoms with van der Waals surface area (Å²) >= 11 is 0.817. The molecule has 0 bridgehead atoms. The SMILES string of the molecule is CC1n2c(C3C(C)(C)C3(C)C)nnc2C1(C)c1ccc(C(F)(F)F)s1. The Morgan fingerprint density at radius 2 is 1.64 bits per heavy atom. The van der Waals surface area contributed by atoms with E-state index in [2.05, 4.69) is 49.4 Å². The van der Waals surface area contributed by atoms with Gasteiger partial charge in [0.05, 0.1) is 11.5 Å². The first-order chi connectivity index (χ1) is 11.3. The summed E-state index contributed by atoms with van der Waals surface area (Å²) in [5, 5.41) is 8.84. The van der Waals surface area contributed by atoms with Crippen molar-refractivity contribution in [3.8, 4) is 0 Å². The number of aromatic nitrogens is 3. The Hall–Kier alpha value is -1.37. The topological polar surface area (TPSA) is 30.7 Å². The first-order valence-corrected chi connectivity index (χ1v) is 9.29. The minimum absolute atomic E-state index is 0.0411. The predicted molar refractivity (Wildman–Crippen MR) is 90.8 cm³/mol. The number of halogens is 3. The Balaban J connectivity index is 1.74. The number of hydrogen-bond donors (Lipinski definition) is 0. The van der Waals surface area contributed by atoms with Crippen molar-refractivity contribution in [1.82, 2.24) is 14.8 Å². The maximum Gasteiger partial charge on any atom is 0.425 e. The Morgan fingerprint density at radius 1 is 1.04 bits per heavy atom. The predicted octanol–water partition coefficient (Wildman–Crippen LogP) is 5.39. The molecule has 0 spiro atoms. The van der Waals surface area contributed by atoms with Gasteiger partial charge in [-0.1, -0.05) is 27.7 Å². The Morgan fingerprint density at radius 3 is 2.12 bits per heavy atom. The summed E-state index contributed by atoms with van der Waals surface area (Å²) in [7, 11) is 0. The highest BCUT2D eigenvalue weighted by Crippen LogP contribution is 2.74. The summed E-state index contributed by atoms with van der Waals surface area (Å²) in [6, 6.07) is 2.80. The van der Waals surface area contributed by atoms with Gasteiger partial charge < -0.3 is 4.57 Å². The van der Waals surface area contributed by atoms with Gasteiger partial charge in [-0.3, -0.25) is 0 Å². The minimum Gasteiger partial charge on any atom is -0.310 e. The number of fused-ring (bicyclic) bond motifs is 1. The van der Waals surface area contributed by atoms with E-state index in [4.69, 9.17) is 0 Å². The molecule has 3 heterocycles. The van der Waals surface area contributed by atoms with Crippen molar-refractivity contribution in [2.75, 3.05) is 0 Å². The third-order valence-corrected chi connectivity index (χ3v) is 8.45. The summed E-state index contributed by atoms with van der Waals surface area (Å²) in [6.07, 6.45) is -4.30. The molecule has 1 aliphatic carbocycles. The largest absolute Gasteiger partial charge is 0.425 e. The van der Waals surface area contributed by atoms with Crippen LogP contribution in [0, 0.1) is 10.8 Å². The second-order valence-electron chi connectivity index (χ2n) is 8.67. The van der Waals surface area contributed by atoms with Crippen LogP contribution in [0.5, 0.6) is 0 Å². The van der Waals surface area contributed by atoms with E-state index in [0.717, 1.165) is 23.0 Å². The summed E-state index contributed by atoms with van der Waals surface area (Å²) in [6.45, 7) is 13.0. The molecule has 0 aromatic carbocycles. The van der Waals surface area contributed by atoms with Crippen LogP contribution in [0.3, 0.4) is 0 Å². The molecule has 2 unspecified atom stereocenters. The van der Waals surface area contributed by atoms with Gasteiger partial charge >= 0.3 is 6.18 Å². The molecule has 0 N–H and O–H groups in total. The molecule has 0 amide bonds. The van der Waals surface area contributed by atoms with Gasteiger partial charge in [0.15, 0.2) is 0 Å². The molecule has 1 fully saturated rings. The van der Waals surface area contributed by atoms with Crippen molar-refractivity contribution in [2.45, 2.75) is 65.1 Å². The zero-order valence-electron chi connectivity index (χ0n) is 15.2. The van der Waals surface area contributed by atoms with Gasteiger partial charge in [0.25, 0.3) is 0 Å². The zero-order valence-corrected chi connectivity index (χ0v) is 16.0. The number of rotatable bonds is 2. The first-order valence-electron chi connectivity index (χ1n) is 8.47. The second kappa shape index (κ2) is 4.48. The van der Waals surface area contributed by atoms with E-state index in [0.29, 0.717) is 10.8 Å². The number of hydrogen-bond acceptors (Lipinski definition) is 3. The van der Waals surface area contributed by atoms with E-state index in [9.17, 15) is 13.2 Å². The minimum atomic E-state index is -4.30. The van der Waals surface area contributed by atoms with E-state index >= 15 is 0 Å². The van der Waals surface area contributed by atoms with Crippen LogP contribution in [-0.4, -0.2) is 14.8 Å². The maximum absolute atomic E-state index is 13.0. The van der Waals surface area contributed by atoms with Crippen LogP contribution < -0.4 is 0 Å². The van der Waals surface area contributed by atoms with Gasteiger partial charge in [0.1, 0.15) is 16.5 Å². The average molecular weight is 369 g/mol. The number of nitrogens with zero attached hydrogens (tertiary/aromatic N) is 3. The molecule has 25 heavy (non-hydrogen) atoms. The normalized spacial score (nSPS) is 30.0. The van der Waals surface area contributed by atoms with E-state index in [-0.39, 0.29) is 16.9 Å². The van der Waals surface area contributed by atoms with Crippen molar-refractivity contribution in [3.63, 3.8) is 0 Å². The summed E-state index contributed by atoms with van der Waals surface area (Å²) in [4.78, 5) is 0.145. The molecular formula is C18H22F3N3S. The van der Waals surface area contributed by atoms with E-state index in [1.165, 1.54) is 6.07 Å². The van der Waals surface area contributed by atoms with E-state index < -0.39 is 16.5 Å². The fourth-order valence-electron chi connectivity index (χ4n) is 4.54. The van der Waals surface area contributed by atoms with Crippen LogP contribution in [-0.2, 0) is 11.6 Å². The highest BCUT2D eigenvalue weighted by atomic mass is 32.1. The molecule has 1 aliphatic heterocycles. The smallest absolute Gasteiger partial charge is 0.310 e. The summed E-state index contributed by atoms with van der Waals surface area (Å²) in [5.41, 5.74) is -0.216. The first kappa shape index (κ1) is 17.1. The fraction of sp³-hybridized carbons (Fsp3) is 0.667. The average Bonchev–Trinajstić information content (AvgIpc) is 2.96. The van der Waals surface area contributed by atoms with Crippen LogP contribution in [0.25, 0.3) is 0 Å². The van der Waals surface area contributed by atoms with Gasteiger partial charge in [0.2, 0.25) is 0 Å². The third-order valence-electron chi connectivity index (χ3n) is 7.09. The van der Waals surface area contributed by atoms with Gasteiger partial charge in [-0.15, -0.1) is 21.5 Å². The second-order valence-corrected chi connectivity index (χ2v) is 9.75. The van der Waals surface area contributed by atoms with Crippen molar-refractivity contribution in [2.24, 2.45) is 10.8 Å². The molecule has 2 aliphatic rings. The van der Waals surface area contributed by atoms with Gasteiger partial charge in [-0.25, -0.2) is 0 Å². The van der Waals surface area contributed by atoms with Crippen LogP contribution in [0.2, 0.25) is 0 Å². The van der Waals surface area contributed by atoms with E-state index in [1.807, 2.05) is 6.92 Å². The lowest BCUT2D eigenvalue weighted by Crippen LogP contribution is -2.46. The highest BCUT2D eigenvalue weighted by Gasteiger charge is 2.68. The van der Waals surface area contributed by atoms with Crippen LogP contribution >= 0.6 is 11.3 Å². The standard InChI is InChI=1S/C18H22F3N3S/c1-9-17(6,10-7-8-11(25-10)18(19,20)21)14-23-22-13(24(9)14)12-15(2,3)16(12,4)5/h7-9,12H,1-6H3. The van der Waals surface area contributed by atoms with Crippen molar-refractivity contribution >= 4 is 11.3 Å². The molecule has 136 valence electrons. The molecule has 3 nitrogen and oxygen atoms in total. The van der Waals surface area contributed by atoms with E-state index in [1.54, 1.807) is 6.07 Å². The maximum atomic E-state index is 13.0. The van der Waals surface area contributed by atoms with Gasteiger partial charge in [-0.05, 0) is 36.8 Å². The monoisotopic (exact) mass is 369 g/mol. The molecule has 2 atom stereocenters. The molecule has 7 heteroatoms. The molecule has 0 saturated heterocycles. The van der Waals surface area contributed by atoms with Crippen LogP contribution in [0.15, 0.2) is 12.1 Å². The number of thiophene rings is 1. The van der Waals surface area contributed by atoms with Gasteiger partial charge in [0, 0.05) is 10.8 Å². The number of alkyl halides is 3. The van der Waals surface area contributed by atoms with Crippen molar-refractivity contribution in [1.29, 1.82) is 0 Å².